The van der Waals surface area contributed by atoms with Gasteiger partial charge in [0.2, 0.25) is 11.8 Å². The quantitative estimate of drug-likeness (QED) is 0.361. The van der Waals surface area contributed by atoms with Crippen molar-refractivity contribution in [2.45, 2.75) is 32.6 Å². The van der Waals surface area contributed by atoms with E-state index in [2.05, 4.69) is 6.58 Å². The fraction of sp³-hybridized carbons (Fsp3) is 0.250. The van der Waals surface area contributed by atoms with Crippen LogP contribution in [0.15, 0.2) is 83.5 Å². The van der Waals surface area contributed by atoms with Gasteiger partial charge in [-0.2, -0.15) is 0 Å². The number of phenolic OH excluding ortho intramolecular Hbond substituents is 1. The highest BCUT2D eigenvalue weighted by Crippen LogP contribution is 2.55. The number of ketones is 2. The topological polar surface area (TPSA) is 91.8 Å². The molecule has 4 aliphatic rings. The zero-order chi connectivity index (χ0) is 26.9. The van der Waals surface area contributed by atoms with Gasteiger partial charge in [0.15, 0.2) is 11.6 Å². The number of carbonyl (C=O) groups is 4. The lowest BCUT2D eigenvalue weighted by Gasteiger charge is -2.42. The Morgan fingerprint density at radius 3 is 2.39 bits per heavy atom. The summed E-state index contributed by atoms with van der Waals surface area (Å²) in [4.78, 5) is 55.4. The molecule has 2 aromatic rings. The molecule has 1 fully saturated rings. The average Bonchev–Trinajstić information content (AvgIpc) is 3.17. The molecule has 0 radical (unpaired) electrons. The van der Waals surface area contributed by atoms with E-state index in [1.165, 1.54) is 11.0 Å². The Kier molecular flexibility index (Phi) is 5.45. The zero-order valence-corrected chi connectivity index (χ0v) is 21.2. The Morgan fingerprint density at radius 2 is 1.71 bits per heavy atom. The molecule has 0 saturated carbocycles. The second-order valence-corrected chi connectivity index (χ2v) is 10.6. The van der Waals surface area contributed by atoms with Gasteiger partial charge in [0.25, 0.3) is 0 Å². The highest BCUT2D eigenvalue weighted by Gasteiger charge is 2.56. The van der Waals surface area contributed by atoms with Crippen LogP contribution in [0.4, 0.5) is 5.69 Å². The van der Waals surface area contributed by atoms with Crippen LogP contribution < -0.4 is 4.90 Å². The van der Waals surface area contributed by atoms with Crippen molar-refractivity contribution in [1.29, 1.82) is 0 Å². The van der Waals surface area contributed by atoms with Gasteiger partial charge in [0, 0.05) is 22.6 Å². The second kappa shape index (κ2) is 8.62. The Morgan fingerprint density at radius 1 is 0.974 bits per heavy atom. The van der Waals surface area contributed by atoms with Crippen molar-refractivity contribution >= 4 is 35.1 Å². The minimum Gasteiger partial charge on any atom is -0.508 e. The van der Waals surface area contributed by atoms with Crippen LogP contribution in [-0.2, 0) is 19.2 Å². The van der Waals surface area contributed by atoms with Crippen molar-refractivity contribution in [1.82, 2.24) is 0 Å². The monoisotopic (exact) mass is 505 g/mol. The lowest BCUT2D eigenvalue weighted by Crippen LogP contribution is -2.39. The molecule has 1 aliphatic heterocycles. The van der Waals surface area contributed by atoms with Crippen molar-refractivity contribution in [3.8, 4) is 5.75 Å². The van der Waals surface area contributed by atoms with E-state index in [9.17, 15) is 24.3 Å². The molecule has 1 heterocycles. The minimum absolute atomic E-state index is 0.143. The highest BCUT2D eigenvalue weighted by atomic mass is 16.3. The van der Waals surface area contributed by atoms with Crippen molar-refractivity contribution in [3.63, 3.8) is 0 Å². The molecule has 3 aliphatic carbocycles. The number of fused-ring (bicyclic) bond motifs is 3. The van der Waals surface area contributed by atoms with Crippen molar-refractivity contribution in [3.05, 3.63) is 100 Å². The normalized spacial score (nSPS) is 26.5. The van der Waals surface area contributed by atoms with Crippen LogP contribution in [0, 0.1) is 24.7 Å². The Labute approximate surface area is 220 Å². The number of aromatic hydroxyl groups is 1. The number of allylic oxidation sites excluding steroid dienone is 6. The third-order valence-corrected chi connectivity index (χ3v) is 8.51. The van der Waals surface area contributed by atoms with Crippen molar-refractivity contribution in [2.24, 2.45) is 17.8 Å². The Bertz CT molecular complexity index is 1550. The van der Waals surface area contributed by atoms with Gasteiger partial charge in [0.1, 0.15) is 5.75 Å². The van der Waals surface area contributed by atoms with E-state index in [1.807, 2.05) is 24.3 Å². The van der Waals surface area contributed by atoms with Gasteiger partial charge in [-0.25, -0.2) is 0 Å². The van der Waals surface area contributed by atoms with Gasteiger partial charge in [-0.1, -0.05) is 48.6 Å². The molecule has 190 valence electrons. The third kappa shape index (κ3) is 3.40. The largest absolute Gasteiger partial charge is 0.508 e. The lowest BCUT2D eigenvalue weighted by atomic mass is 9.59. The molecule has 1 saturated heterocycles. The number of anilines is 1. The smallest absolute Gasteiger partial charge is 0.238 e. The number of carbonyl (C=O) groups excluding carboxylic acids is 4. The van der Waals surface area contributed by atoms with Crippen LogP contribution in [0.3, 0.4) is 0 Å². The molecule has 6 rings (SSSR count). The van der Waals surface area contributed by atoms with E-state index in [-0.39, 0.29) is 41.5 Å². The first-order chi connectivity index (χ1) is 18.2. The molecule has 0 aromatic heterocycles. The van der Waals surface area contributed by atoms with E-state index in [4.69, 9.17) is 0 Å². The van der Waals surface area contributed by atoms with Crippen molar-refractivity contribution in [2.75, 3.05) is 4.90 Å². The predicted molar refractivity (Wildman–Crippen MR) is 143 cm³/mol. The van der Waals surface area contributed by atoms with Crippen LogP contribution in [0.1, 0.15) is 42.4 Å². The van der Waals surface area contributed by atoms with Gasteiger partial charge in [-0.05, 0) is 73.6 Å². The van der Waals surface area contributed by atoms with Gasteiger partial charge in [-0.15, -0.1) is 0 Å². The number of phenols is 1. The van der Waals surface area contributed by atoms with Crippen molar-refractivity contribution < 1.29 is 24.3 Å². The maximum absolute atomic E-state index is 13.9. The number of amides is 2. The number of imide groups is 1. The molecule has 38 heavy (non-hydrogen) atoms. The van der Waals surface area contributed by atoms with E-state index in [0.29, 0.717) is 34.4 Å². The molecular weight excluding hydrogens is 478 g/mol. The summed E-state index contributed by atoms with van der Waals surface area (Å²) in [5, 5.41) is 10.2. The second-order valence-electron chi connectivity index (χ2n) is 10.6. The number of rotatable bonds is 3. The molecule has 6 nitrogen and oxygen atoms in total. The SMILES string of the molecule is C=Cc1ccc(N2C(=O)C3CC=C4C(c5ccc(O)c(C)c5)C5=C(CC4C3C2=O)C(=O)C=C(C)C5=O)cc1. The molecule has 4 atom stereocenters. The summed E-state index contributed by atoms with van der Waals surface area (Å²) in [6, 6.07) is 12.3. The number of benzene rings is 2. The van der Waals surface area contributed by atoms with Gasteiger partial charge >= 0.3 is 0 Å². The Balaban J connectivity index is 1.47. The fourth-order valence-corrected chi connectivity index (χ4v) is 6.61. The van der Waals surface area contributed by atoms with Gasteiger partial charge < -0.3 is 5.11 Å². The van der Waals surface area contributed by atoms with E-state index >= 15 is 0 Å². The fourth-order valence-electron chi connectivity index (χ4n) is 6.61. The predicted octanol–water partition coefficient (Wildman–Crippen LogP) is 4.98. The third-order valence-electron chi connectivity index (χ3n) is 8.51. The van der Waals surface area contributed by atoms with Crippen LogP contribution in [-0.4, -0.2) is 28.5 Å². The van der Waals surface area contributed by atoms with Crippen LogP contribution >= 0.6 is 0 Å². The van der Waals surface area contributed by atoms with Crippen LogP contribution in [0.25, 0.3) is 6.08 Å². The van der Waals surface area contributed by atoms with Crippen LogP contribution in [0.5, 0.6) is 5.75 Å². The average molecular weight is 506 g/mol. The van der Waals surface area contributed by atoms with Gasteiger partial charge in [0.05, 0.1) is 17.5 Å². The lowest BCUT2D eigenvalue weighted by molar-refractivity contribution is -0.123. The molecule has 2 aromatic carbocycles. The summed E-state index contributed by atoms with van der Waals surface area (Å²) in [6.45, 7) is 7.19. The first-order valence-corrected chi connectivity index (χ1v) is 12.8. The zero-order valence-electron chi connectivity index (χ0n) is 21.2. The summed E-state index contributed by atoms with van der Waals surface area (Å²) < 4.78 is 0. The maximum Gasteiger partial charge on any atom is 0.238 e. The summed E-state index contributed by atoms with van der Waals surface area (Å²) in [5.74, 6) is -2.80. The summed E-state index contributed by atoms with van der Waals surface area (Å²) in [6.07, 6.45) is 5.71. The van der Waals surface area contributed by atoms with E-state index < -0.39 is 17.8 Å². The van der Waals surface area contributed by atoms with Gasteiger partial charge in [-0.3, -0.25) is 24.1 Å². The molecule has 0 bridgehead atoms. The maximum atomic E-state index is 13.9. The number of nitrogens with zero attached hydrogens (tertiary/aromatic N) is 1. The van der Waals surface area contributed by atoms with E-state index in [1.54, 1.807) is 44.2 Å². The standard InChI is InChI=1S/C32H27NO5/c1-4-18-5-8-20(9-6-18)33-31(37)22-11-10-21-23(28(22)32(33)38)15-24-26(35)14-17(3)30(36)29(24)27(21)19-7-12-25(34)16(2)13-19/h4-10,12-14,22-23,27-28,34H,1,11,15H2,2-3H3. The molecule has 1 N–H and O–H groups in total. The molecule has 4 unspecified atom stereocenters. The van der Waals surface area contributed by atoms with Crippen LogP contribution in [0.2, 0.25) is 0 Å². The molecular formula is C32H27NO5. The van der Waals surface area contributed by atoms with E-state index in [0.717, 1.165) is 16.7 Å². The first kappa shape index (κ1) is 24.0. The first-order valence-electron chi connectivity index (χ1n) is 12.8. The number of hydrogen-bond donors (Lipinski definition) is 1. The summed E-state index contributed by atoms with van der Waals surface area (Å²) in [7, 11) is 0. The number of aryl methyl sites for hydroxylation is 1. The number of Topliss-reactive ketones (excluding diaryl/α,β-unsaturated/α-hetero) is 1. The summed E-state index contributed by atoms with van der Waals surface area (Å²) >= 11 is 0. The highest BCUT2D eigenvalue weighted by molar-refractivity contribution is 6.25. The molecule has 2 amide bonds. The molecule has 0 spiro atoms. The molecule has 6 heteroatoms. The summed E-state index contributed by atoms with van der Waals surface area (Å²) in [5.41, 5.74) is 5.01. The minimum atomic E-state index is -0.619. The Hall–Kier alpha value is -4.32. The number of hydrogen-bond acceptors (Lipinski definition) is 5.